The predicted molar refractivity (Wildman–Crippen MR) is 120 cm³/mol. The van der Waals surface area contributed by atoms with E-state index in [9.17, 15) is 14.8 Å². The molecule has 1 unspecified atom stereocenters. The lowest BCUT2D eigenvalue weighted by Crippen LogP contribution is -2.17. The second-order valence-corrected chi connectivity index (χ2v) is 9.90. The lowest BCUT2D eigenvalue weighted by molar-refractivity contribution is 0.475. The maximum absolute atomic E-state index is 14.0. The van der Waals surface area contributed by atoms with Crippen LogP contribution in [-0.4, -0.2) is 16.9 Å². The zero-order chi connectivity index (χ0) is 20.4. The summed E-state index contributed by atoms with van der Waals surface area (Å²) in [5.41, 5.74) is 3.58. The number of phenolic OH excluding ortho intramolecular Hbond substituents is 2. The first kappa shape index (κ1) is 19.0. The van der Waals surface area contributed by atoms with E-state index in [-0.39, 0.29) is 11.5 Å². The molecule has 4 aromatic rings. The fraction of sp³-hybridized carbons (Fsp3) is 0.0400. The van der Waals surface area contributed by atoms with Crippen LogP contribution in [0.3, 0.4) is 0 Å². The van der Waals surface area contributed by atoms with Gasteiger partial charge in [-0.05, 0) is 47.6 Å². The molecule has 0 aliphatic rings. The van der Waals surface area contributed by atoms with E-state index in [0.29, 0.717) is 0 Å². The second kappa shape index (κ2) is 7.62. The van der Waals surface area contributed by atoms with E-state index in [0.717, 1.165) is 32.9 Å². The van der Waals surface area contributed by atoms with Crippen molar-refractivity contribution in [2.75, 3.05) is 6.66 Å². The Balaban J connectivity index is 2.01. The first-order valence-corrected chi connectivity index (χ1v) is 11.5. The van der Waals surface area contributed by atoms with Crippen molar-refractivity contribution in [2.45, 2.75) is 0 Å². The SMILES string of the molecule is CP(=O)(c1ccccc1)c1cccc(-c2ccc(O)cc2)c1-c1ccc(O)cc1. The van der Waals surface area contributed by atoms with E-state index in [1.807, 2.05) is 72.8 Å². The third-order valence-electron chi connectivity index (χ3n) is 5.09. The van der Waals surface area contributed by atoms with Crippen molar-refractivity contribution < 1.29 is 14.8 Å². The van der Waals surface area contributed by atoms with Crippen LogP contribution in [0.5, 0.6) is 11.5 Å². The summed E-state index contributed by atoms with van der Waals surface area (Å²) in [5.74, 6) is 0.377. The third kappa shape index (κ3) is 3.70. The molecule has 0 saturated carbocycles. The largest absolute Gasteiger partial charge is 0.508 e. The number of benzene rings is 4. The highest BCUT2D eigenvalue weighted by atomic mass is 31.2. The van der Waals surface area contributed by atoms with Crippen molar-refractivity contribution in [2.24, 2.45) is 0 Å². The fourth-order valence-electron chi connectivity index (χ4n) is 3.56. The van der Waals surface area contributed by atoms with Crippen LogP contribution in [-0.2, 0) is 4.57 Å². The van der Waals surface area contributed by atoms with Crippen LogP contribution in [0.2, 0.25) is 0 Å². The number of phenols is 2. The smallest absolute Gasteiger partial charge is 0.140 e. The van der Waals surface area contributed by atoms with Gasteiger partial charge in [-0.15, -0.1) is 0 Å². The van der Waals surface area contributed by atoms with Crippen LogP contribution in [0.15, 0.2) is 97.1 Å². The molecule has 2 N–H and O–H groups in total. The molecular formula is C25H21O3P. The number of hydrogen-bond acceptors (Lipinski definition) is 3. The molecule has 0 amide bonds. The highest BCUT2D eigenvalue weighted by Crippen LogP contribution is 2.45. The van der Waals surface area contributed by atoms with Gasteiger partial charge in [0.2, 0.25) is 0 Å². The summed E-state index contributed by atoms with van der Waals surface area (Å²) in [4.78, 5) is 0. The molecule has 29 heavy (non-hydrogen) atoms. The van der Waals surface area contributed by atoms with Crippen LogP contribution in [0.25, 0.3) is 22.3 Å². The highest BCUT2D eigenvalue weighted by Gasteiger charge is 2.26. The van der Waals surface area contributed by atoms with Crippen molar-refractivity contribution in [3.63, 3.8) is 0 Å². The topological polar surface area (TPSA) is 57.5 Å². The van der Waals surface area contributed by atoms with Gasteiger partial charge in [-0.2, -0.15) is 0 Å². The molecule has 4 rings (SSSR count). The van der Waals surface area contributed by atoms with Crippen LogP contribution < -0.4 is 10.6 Å². The van der Waals surface area contributed by atoms with Crippen molar-refractivity contribution in [3.05, 3.63) is 97.1 Å². The van der Waals surface area contributed by atoms with Gasteiger partial charge in [0.15, 0.2) is 0 Å². The van der Waals surface area contributed by atoms with Crippen molar-refractivity contribution in [3.8, 4) is 33.8 Å². The van der Waals surface area contributed by atoms with Crippen molar-refractivity contribution in [1.82, 2.24) is 0 Å². The lowest BCUT2D eigenvalue weighted by atomic mass is 9.94. The van der Waals surface area contributed by atoms with Crippen LogP contribution in [0.4, 0.5) is 0 Å². The Hall–Kier alpha value is -3.29. The van der Waals surface area contributed by atoms with Gasteiger partial charge in [-0.3, -0.25) is 0 Å². The maximum Gasteiger partial charge on any atom is 0.140 e. The maximum atomic E-state index is 14.0. The molecule has 4 aromatic carbocycles. The molecule has 0 fully saturated rings. The van der Waals surface area contributed by atoms with Crippen LogP contribution in [0, 0.1) is 0 Å². The van der Waals surface area contributed by atoms with E-state index >= 15 is 0 Å². The molecule has 0 spiro atoms. The predicted octanol–water partition coefficient (Wildman–Crippen LogP) is 5.38. The number of hydrogen-bond donors (Lipinski definition) is 2. The molecule has 0 heterocycles. The fourth-order valence-corrected chi connectivity index (χ4v) is 5.63. The van der Waals surface area contributed by atoms with E-state index in [1.54, 1.807) is 30.9 Å². The zero-order valence-electron chi connectivity index (χ0n) is 16.0. The normalized spacial score (nSPS) is 13.0. The van der Waals surface area contributed by atoms with E-state index in [4.69, 9.17) is 0 Å². The lowest BCUT2D eigenvalue weighted by Gasteiger charge is -2.21. The number of aromatic hydroxyl groups is 2. The standard InChI is InChI=1S/C25H21O3P/c1-29(28,22-6-3-2-4-7-22)24-9-5-8-23(18-10-14-20(26)15-11-18)25(24)19-12-16-21(27)17-13-19/h2-17,26-27H,1H3. The summed E-state index contributed by atoms with van der Waals surface area (Å²) in [6.07, 6.45) is 0. The monoisotopic (exact) mass is 400 g/mol. The van der Waals surface area contributed by atoms with Gasteiger partial charge >= 0.3 is 0 Å². The Morgan fingerprint density at radius 3 is 1.76 bits per heavy atom. The molecule has 0 aromatic heterocycles. The summed E-state index contributed by atoms with van der Waals surface area (Å²) < 4.78 is 14.0. The van der Waals surface area contributed by atoms with Crippen LogP contribution in [0.1, 0.15) is 0 Å². The molecule has 4 heteroatoms. The second-order valence-electron chi connectivity index (χ2n) is 7.05. The van der Waals surface area contributed by atoms with Gasteiger partial charge in [-0.1, -0.05) is 72.8 Å². The summed E-state index contributed by atoms with van der Waals surface area (Å²) >= 11 is 0. The number of rotatable bonds is 4. The van der Waals surface area contributed by atoms with Gasteiger partial charge in [0.1, 0.15) is 18.6 Å². The quantitative estimate of drug-likeness (QED) is 0.453. The molecule has 1 atom stereocenters. The summed E-state index contributed by atoms with van der Waals surface area (Å²) in [5, 5.41) is 21.0. The summed E-state index contributed by atoms with van der Waals surface area (Å²) in [6, 6.07) is 29.3. The van der Waals surface area contributed by atoms with E-state index < -0.39 is 7.14 Å². The van der Waals surface area contributed by atoms with Crippen LogP contribution >= 0.6 is 7.14 Å². The van der Waals surface area contributed by atoms with E-state index in [1.165, 1.54) is 0 Å². The minimum absolute atomic E-state index is 0.181. The Bertz CT molecular complexity index is 1180. The molecule has 0 saturated heterocycles. The average Bonchev–Trinajstić information content (AvgIpc) is 2.75. The Morgan fingerprint density at radius 1 is 0.621 bits per heavy atom. The average molecular weight is 400 g/mol. The van der Waals surface area contributed by atoms with Crippen molar-refractivity contribution in [1.29, 1.82) is 0 Å². The molecule has 3 nitrogen and oxygen atoms in total. The Labute approximate surface area is 170 Å². The summed E-state index contributed by atoms with van der Waals surface area (Å²) in [6.45, 7) is 1.79. The molecule has 0 aliphatic heterocycles. The van der Waals surface area contributed by atoms with Gasteiger partial charge in [0, 0.05) is 16.2 Å². The molecular weight excluding hydrogens is 379 g/mol. The van der Waals surface area contributed by atoms with Gasteiger partial charge in [0.25, 0.3) is 0 Å². The van der Waals surface area contributed by atoms with E-state index in [2.05, 4.69) is 0 Å². The Morgan fingerprint density at radius 2 is 1.17 bits per heavy atom. The first-order valence-electron chi connectivity index (χ1n) is 9.32. The van der Waals surface area contributed by atoms with Gasteiger partial charge in [0.05, 0.1) is 0 Å². The third-order valence-corrected chi connectivity index (χ3v) is 7.66. The molecule has 0 bridgehead atoms. The van der Waals surface area contributed by atoms with Gasteiger partial charge < -0.3 is 14.8 Å². The highest BCUT2D eigenvalue weighted by molar-refractivity contribution is 7.78. The minimum Gasteiger partial charge on any atom is -0.508 e. The molecule has 0 radical (unpaired) electrons. The first-order chi connectivity index (χ1) is 14.0. The zero-order valence-corrected chi connectivity index (χ0v) is 16.9. The van der Waals surface area contributed by atoms with Crippen molar-refractivity contribution >= 4 is 17.8 Å². The Kier molecular flexibility index (Phi) is 5.00. The molecule has 144 valence electrons. The molecule has 0 aliphatic carbocycles. The minimum atomic E-state index is -2.88. The van der Waals surface area contributed by atoms with Gasteiger partial charge in [-0.25, -0.2) is 0 Å². The summed E-state index contributed by atoms with van der Waals surface area (Å²) in [7, 11) is -2.88.